The molecular formula is C32H42FN3O5. The monoisotopic (exact) mass is 567 g/mol. The molecule has 1 aromatic carbocycles. The number of hydrogen-bond acceptors (Lipinski definition) is 7. The Bertz CT molecular complexity index is 1220. The number of aliphatic carboxylic acids is 1. The Morgan fingerprint density at radius 3 is 2.93 bits per heavy atom. The maximum atomic E-state index is 14.7. The third-order valence-corrected chi connectivity index (χ3v) is 9.19. The van der Waals surface area contributed by atoms with Crippen LogP contribution in [0.5, 0.6) is 0 Å². The number of carboxylic acid groups (broad SMARTS) is 1. The highest BCUT2D eigenvalue weighted by Crippen LogP contribution is 2.37. The number of hydrogen-bond donors (Lipinski definition) is 2. The highest BCUT2D eigenvalue weighted by molar-refractivity contribution is 5.76. The largest absolute Gasteiger partial charge is 0.480 e. The van der Waals surface area contributed by atoms with Gasteiger partial charge in [-0.05, 0) is 104 Å². The SMILES string of the molecule is O=C(O)[C@@H](c1cc(F)cc2c1CC(C1CCOCC1)OC2)N1CC[C@@H](OCCCCc2ccc3c(n2)NCCC3)C1. The van der Waals surface area contributed by atoms with Gasteiger partial charge >= 0.3 is 5.97 Å². The van der Waals surface area contributed by atoms with E-state index in [0.717, 1.165) is 93.8 Å². The van der Waals surface area contributed by atoms with Crippen LogP contribution in [0.1, 0.15) is 72.5 Å². The van der Waals surface area contributed by atoms with E-state index < -0.39 is 17.8 Å². The van der Waals surface area contributed by atoms with Crippen LogP contribution >= 0.6 is 0 Å². The van der Waals surface area contributed by atoms with Crippen LogP contribution in [0.3, 0.4) is 0 Å². The van der Waals surface area contributed by atoms with Crippen LogP contribution in [0.25, 0.3) is 0 Å². The Kier molecular flexibility index (Phi) is 9.15. The predicted octanol–water partition coefficient (Wildman–Crippen LogP) is 4.69. The molecule has 2 N–H and O–H groups in total. The number of rotatable bonds is 10. The van der Waals surface area contributed by atoms with Crippen molar-refractivity contribution >= 4 is 11.8 Å². The number of aromatic nitrogens is 1. The van der Waals surface area contributed by atoms with Crippen LogP contribution in [0, 0.1) is 11.7 Å². The molecule has 6 rings (SSSR count). The van der Waals surface area contributed by atoms with E-state index in [0.29, 0.717) is 44.2 Å². The number of anilines is 1. The predicted molar refractivity (Wildman–Crippen MR) is 153 cm³/mol. The Labute approximate surface area is 241 Å². The molecule has 2 fully saturated rings. The average Bonchev–Trinajstić information content (AvgIpc) is 3.45. The van der Waals surface area contributed by atoms with Gasteiger partial charge in [-0.1, -0.05) is 6.07 Å². The van der Waals surface area contributed by atoms with Crippen LogP contribution in [0.4, 0.5) is 10.2 Å². The summed E-state index contributed by atoms with van der Waals surface area (Å²) >= 11 is 0. The Hall–Kier alpha value is -2.59. The first-order chi connectivity index (χ1) is 20.0. The van der Waals surface area contributed by atoms with Crippen LogP contribution in [0.15, 0.2) is 24.3 Å². The maximum absolute atomic E-state index is 14.7. The van der Waals surface area contributed by atoms with Gasteiger partial charge in [-0.3, -0.25) is 9.69 Å². The molecule has 0 aliphatic carbocycles. The third-order valence-electron chi connectivity index (χ3n) is 9.19. The molecule has 2 saturated heterocycles. The van der Waals surface area contributed by atoms with E-state index in [-0.39, 0.29) is 12.2 Å². The van der Waals surface area contributed by atoms with Crippen molar-refractivity contribution in [2.75, 3.05) is 44.8 Å². The Morgan fingerprint density at radius 2 is 2.07 bits per heavy atom. The molecule has 41 heavy (non-hydrogen) atoms. The molecular weight excluding hydrogens is 525 g/mol. The number of aryl methyl sites for hydroxylation is 2. The van der Waals surface area contributed by atoms with E-state index in [9.17, 15) is 14.3 Å². The molecule has 1 aromatic heterocycles. The number of fused-ring (bicyclic) bond motifs is 2. The molecule has 1 unspecified atom stereocenters. The number of unbranched alkanes of at least 4 members (excludes halogenated alkanes) is 1. The molecule has 0 amide bonds. The van der Waals surface area contributed by atoms with E-state index in [1.807, 2.05) is 4.90 Å². The summed E-state index contributed by atoms with van der Waals surface area (Å²) in [6, 6.07) is 6.37. The summed E-state index contributed by atoms with van der Waals surface area (Å²) in [6.45, 7) is 4.53. The fourth-order valence-corrected chi connectivity index (χ4v) is 6.96. The minimum absolute atomic E-state index is 0.00693. The summed E-state index contributed by atoms with van der Waals surface area (Å²) in [5.41, 5.74) is 4.69. The fourth-order valence-electron chi connectivity index (χ4n) is 6.96. The first-order valence-corrected chi connectivity index (χ1v) is 15.4. The van der Waals surface area contributed by atoms with Crippen LogP contribution in [-0.4, -0.2) is 72.6 Å². The van der Waals surface area contributed by atoms with Crippen molar-refractivity contribution in [2.45, 2.75) is 82.6 Å². The number of carboxylic acids is 1. The standard InChI is InChI=1S/C32H42FN3O5/c33-24-16-23-20-41-29(21-9-14-39-15-10-21)18-27(23)28(17-24)30(32(37)38)36-12-8-26(19-36)40-13-2-1-5-25-7-6-22-4-3-11-34-31(22)35-25/h6-7,16-17,21,26,29-30H,1-5,8-15,18-20H2,(H,34,35)(H,37,38)/t26-,29?,30-/m1/s1. The molecule has 2 aromatic rings. The Morgan fingerprint density at radius 1 is 1.20 bits per heavy atom. The van der Waals surface area contributed by atoms with Gasteiger partial charge in [-0.15, -0.1) is 0 Å². The van der Waals surface area contributed by atoms with Crippen LogP contribution in [-0.2, 0) is 44.9 Å². The second kappa shape index (κ2) is 13.2. The van der Waals surface area contributed by atoms with E-state index in [1.165, 1.54) is 17.7 Å². The summed E-state index contributed by atoms with van der Waals surface area (Å²) in [5, 5.41) is 13.7. The molecule has 4 aliphatic rings. The first kappa shape index (κ1) is 28.5. The minimum atomic E-state index is -0.945. The molecule has 9 heteroatoms. The number of nitrogens with zero attached hydrogens (tertiary/aromatic N) is 2. The van der Waals surface area contributed by atoms with Gasteiger partial charge in [-0.2, -0.15) is 0 Å². The third kappa shape index (κ3) is 6.74. The van der Waals surface area contributed by atoms with Crippen molar-refractivity contribution in [3.05, 3.63) is 58.0 Å². The zero-order chi connectivity index (χ0) is 28.2. The van der Waals surface area contributed by atoms with Gasteiger partial charge in [-0.25, -0.2) is 9.37 Å². The molecule has 8 nitrogen and oxygen atoms in total. The van der Waals surface area contributed by atoms with E-state index >= 15 is 0 Å². The number of halogens is 1. The van der Waals surface area contributed by atoms with Crippen molar-refractivity contribution < 1.29 is 28.5 Å². The topological polar surface area (TPSA) is 93.2 Å². The van der Waals surface area contributed by atoms with Crippen molar-refractivity contribution in [3.63, 3.8) is 0 Å². The van der Waals surface area contributed by atoms with Gasteiger partial charge in [0, 0.05) is 45.1 Å². The zero-order valence-corrected chi connectivity index (χ0v) is 23.8. The lowest BCUT2D eigenvalue weighted by Crippen LogP contribution is -2.37. The van der Waals surface area contributed by atoms with Gasteiger partial charge in [0.1, 0.15) is 17.7 Å². The lowest BCUT2D eigenvalue weighted by Gasteiger charge is -2.36. The van der Waals surface area contributed by atoms with Crippen molar-refractivity contribution in [2.24, 2.45) is 5.92 Å². The normalized spacial score (nSPS) is 23.9. The number of likely N-dealkylation sites (tertiary alicyclic amines) is 1. The van der Waals surface area contributed by atoms with Crippen molar-refractivity contribution in [1.29, 1.82) is 0 Å². The van der Waals surface area contributed by atoms with Crippen molar-refractivity contribution in [1.82, 2.24) is 9.88 Å². The first-order valence-electron chi connectivity index (χ1n) is 15.4. The lowest BCUT2D eigenvalue weighted by molar-refractivity contribution is -0.143. The molecule has 0 bridgehead atoms. The average molecular weight is 568 g/mol. The van der Waals surface area contributed by atoms with Gasteiger partial charge < -0.3 is 24.6 Å². The summed E-state index contributed by atoms with van der Waals surface area (Å²) in [4.78, 5) is 19.4. The number of pyridine rings is 1. The van der Waals surface area contributed by atoms with E-state index in [2.05, 4.69) is 17.4 Å². The molecule has 0 radical (unpaired) electrons. The lowest BCUT2D eigenvalue weighted by atomic mass is 9.83. The number of nitrogens with one attached hydrogen (secondary N) is 1. The van der Waals surface area contributed by atoms with Gasteiger partial charge in [0.25, 0.3) is 0 Å². The minimum Gasteiger partial charge on any atom is -0.480 e. The maximum Gasteiger partial charge on any atom is 0.325 e. The smallest absolute Gasteiger partial charge is 0.325 e. The van der Waals surface area contributed by atoms with Gasteiger partial charge in [0.05, 0.1) is 18.8 Å². The molecule has 222 valence electrons. The number of carbonyl (C=O) groups is 1. The molecule has 4 aliphatic heterocycles. The Balaban J connectivity index is 1.04. The fraction of sp³-hybridized carbons (Fsp3) is 0.625. The van der Waals surface area contributed by atoms with Gasteiger partial charge in [0.15, 0.2) is 0 Å². The summed E-state index contributed by atoms with van der Waals surface area (Å²) < 4.78 is 32.6. The number of ether oxygens (including phenoxy) is 3. The molecule has 0 spiro atoms. The highest BCUT2D eigenvalue weighted by Gasteiger charge is 2.38. The number of benzene rings is 1. The molecule has 5 heterocycles. The second-order valence-corrected chi connectivity index (χ2v) is 12.0. The zero-order valence-electron chi connectivity index (χ0n) is 23.8. The summed E-state index contributed by atoms with van der Waals surface area (Å²) in [6.07, 6.45) is 8.33. The summed E-state index contributed by atoms with van der Waals surface area (Å²) in [5.74, 6) is 0.0616. The highest BCUT2D eigenvalue weighted by atomic mass is 19.1. The molecule has 0 saturated carbocycles. The van der Waals surface area contributed by atoms with E-state index in [1.54, 1.807) is 0 Å². The van der Waals surface area contributed by atoms with Crippen LogP contribution in [0.2, 0.25) is 0 Å². The van der Waals surface area contributed by atoms with Gasteiger partial charge in [0.2, 0.25) is 0 Å². The van der Waals surface area contributed by atoms with Crippen LogP contribution < -0.4 is 5.32 Å². The second-order valence-electron chi connectivity index (χ2n) is 12.0. The van der Waals surface area contributed by atoms with E-state index in [4.69, 9.17) is 19.2 Å². The van der Waals surface area contributed by atoms with Crippen molar-refractivity contribution in [3.8, 4) is 0 Å². The summed E-state index contributed by atoms with van der Waals surface area (Å²) in [7, 11) is 0. The molecule has 3 atom stereocenters. The quantitative estimate of drug-likeness (QED) is 0.400.